The fourth-order valence-electron chi connectivity index (χ4n) is 3.28. The predicted molar refractivity (Wildman–Crippen MR) is 107 cm³/mol. The van der Waals surface area contributed by atoms with Gasteiger partial charge in [-0.15, -0.1) is 0 Å². The Balaban J connectivity index is 1.49. The molecule has 26 heavy (non-hydrogen) atoms. The summed E-state index contributed by atoms with van der Waals surface area (Å²) >= 11 is 0. The molecule has 3 rings (SSSR count). The zero-order valence-corrected chi connectivity index (χ0v) is 15.7. The van der Waals surface area contributed by atoms with Crippen molar-refractivity contribution < 1.29 is 9.47 Å². The molecule has 2 aromatic carbocycles. The molecule has 4 nitrogen and oxygen atoms in total. The summed E-state index contributed by atoms with van der Waals surface area (Å²) in [5.74, 6) is 1.81. The van der Waals surface area contributed by atoms with Gasteiger partial charge in [0.15, 0.2) is 0 Å². The summed E-state index contributed by atoms with van der Waals surface area (Å²) in [7, 11) is 3.43. The van der Waals surface area contributed by atoms with E-state index in [1.165, 1.54) is 11.1 Å². The van der Waals surface area contributed by atoms with E-state index < -0.39 is 0 Å². The molecule has 0 spiro atoms. The normalized spacial score (nSPS) is 16.1. The fourth-order valence-corrected chi connectivity index (χ4v) is 3.28. The van der Waals surface area contributed by atoms with Gasteiger partial charge in [0.1, 0.15) is 11.5 Å². The van der Waals surface area contributed by atoms with E-state index in [4.69, 9.17) is 9.47 Å². The Kier molecular flexibility index (Phi) is 6.69. The molecule has 1 aliphatic rings. The van der Waals surface area contributed by atoms with Gasteiger partial charge in [-0.2, -0.15) is 0 Å². The van der Waals surface area contributed by atoms with Gasteiger partial charge in [0.05, 0.1) is 14.2 Å². The van der Waals surface area contributed by atoms with Crippen molar-refractivity contribution in [1.82, 2.24) is 9.80 Å². The van der Waals surface area contributed by atoms with Gasteiger partial charge in [-0.1, -0.05) is 42.5 Å². The molecule has 0 N–H and O–H groups in total. The molecule has 1 saturated heterocycles. The van der Waals surface area contributed by atoms with Crippen molar-refractivity contribution in [3.05, 3.63) is 65.7 Å². The second kappa shape index (κ2) is 9.41. The molecule has 1 heterocycles. The first-order valence-electron chi connectivity index (χ1n) is 9.15. The van der Waals surface area contributed by atoms with Gasteiger partial charge >= 0.3 is 0 Å². The number of hydrogen-bond donors (Lipinski definition) is 0. The molecule has 0 unspecified atom stereocenters. The van der Waals surface area contributed by atoms with Crippen molar-refractivity contribution in [3.8, 4) is 11.5 Å². The number of nitrogens with zero attached hydrogens (tertiary/aromatic N) is 2. The largest absolute Gasteiger partial charge is 0.497 e. The zero-order chi connectivity index (χ0) is 18.2. The van der Waals surface area contributed by atoms with Crippen LogP contribution in [0, 0.1) is 0 Å². The Morgan fingerprint density at radius 1 is 0.885 bits per heavy atom. The maximum absolute atomic E-state index is 5.50. The lowest BCUT2D eigenvalue weighted by Crippen LogP contribution is -2.45. The number of hydrogen-bond acceptors (Lipinski definition) is 4. The number of piperazine rings is 1. The second-order valence-corrected chi connectivity index (χ2v) is 6.57. The Morgan fingerprint density at radius 3 is 2.31 bits per heavy atom. The zero-order valence-electron chi connectivity index (χ0n) is 15.7. The van der Waals surface area contributed by atoms with Gasteiger partial charge in [-0.05, 0) is 23.8 Å². The van der Waals surface area contributed by atoms with Crippen molar-refractivity contribution in [3.63, 3.8) is 0 Å². The monoisotopic (exact) mass is 352 g/mol. The van der Waals surface area contributed by atoms with E-state index in [9.17, 15) is 0 Å². The van der Waals surface area contributed by atoms with Crippen LogP contribution in [0.3, 0.4) is 0 Å². The lowest BCUT2D eigenvalue weighted by Gasteiger charge is -2.34. The van der Waals surface area contributed by atoms with Crippen LogP contribution in [0.25, 0.3) is 6.08 Å². The standard InChI is InChI=1S/C22H28N2O2/c1-25-21-10-11-22(26-2)20(17-21)18-24-15-13-23(14-16-24)12-6-9-19-7-4-3-5-8-19/h3-11,17H,12-16,18H2,1-2H3/b9-6+. The van der Waals surface area contributed by atoms with Gasteiger partial charge in [0, 0.05) is 44.8 Å². The highest BCUT2D eigenvalue weighted by Gasteiger charge is 2.17. The van der Waals surface area contributed by atoms with E-state index in [1.807, 2.05) is 18.2 Å². The molecule has 0 atom stereocenters. The Hall–Kier alpha value is -2.30. The smallest absolute Gasteiger partial charge is 0.123 e. The maximum atomic E-state index is 5.50. The lowest BCUT2D eigenvalue weighted by atomic mass is 10.1. The predicted octanol–water partition coefficient (Wildman–Crippen LogP) is 3.53. The number of benzene rings is 2. The van der Waals surface area contributed by atoms with Crippen LogP contribution in [-0.2, 0) is 6.54 Å². The van der Waals surface area contributed by atoms with Crippen molar-refractivity contribution in [2.45, 2.75) is 6.54 Å². The molecule has 0 radical (unpaired) electrons. The number of ether oxygens (including phenoxy) is 2. The Morgan fingerprint density at radius 2 is 1.62 bits per heavy atom. The summed E-state index contributed by atoms with van der Waals surface area (Å²) in [6.07, 6.45) is 4.46. The molecule has 0 amide bonds. The van der Waals surface area contributed by atoms with Crippen LogP contribution in [0.5, 0.6) is 11.5 Å². The van der Waals surface area contributed by atoms with Crippen LogP contribution in [0.1, 0.15) is 11.1 Å². The van der Waals surface area contributed by atoms with Gasteiger partial charge in [0.2, 0.25) is 0 Å². The second-order valence-electron chi connectivity index (χ2n) is 6.57. The van der Waals surface area contributed by atoms with Crippen molar-refractivity contribution in [2.24, 2.45) is 0 Å². The van der Waals surface area contributed by atoms with Crippen LogP contribution in [0.2, 0.25) is 0 Å². The Bertz CT molecular complexity index is 707. The highest BCUT2D eigenvalue weighted by molar-refractivity contribution is 5.48. The third-order valence-corrected chi connectivity index (χ3v) is 4.82. The van der Waals surface area contributed by atoms with Crippen LogP contribution in [0.15, 0.2) is 54.6 Å². The molecule has 1 aliphatic heterocycles. The van der Waals surface area contributed by atoms with E-state index in [0.717, 1.165) is 50.8 Å². The van der Waals surface area contributed by atoms with Crippen LogP contribution in [0.4, 0.5) is 0 Å². The summed E-state index contributed by atoms with van der Waals surface area (Å²) in [6, 6.07) is 16.5. The molecular weight excluding hydrogens is 324 g/mol. The minimum Gasteiger partial charge on any atom is -0.497 e. The summed E-state index contributed by atoms with van der Waals surface area (Å²) in [5, 5.41) is 0. The minimum atomic E-state index is 0.880. The van der Waals surface area contributed by atoms with Crippen LogP contribution >= 0.6 is 0 Å². The fraction of sp³-hybridized carbons (Fsp3) is 0.364. The van der Waals surface area contributed by atoms with Crippen molar-refractivity contribution in [2.75, 3.05) is 46.9 Å². The molecule has 138 valence electrons. The van der Waals surface area contributed by atoms with Crippen LogP contribution < -0.4 is 9.47 Å². The molecule has 0 aromatic heterocycles. The van der Waals surface area contributed by atoms with E-state index >= 15 is 0 Å². The molecule has 0 aliphatic carbocycles. The average Bonchev–Trinajstić information content (AvgIpc) is 2.70. The first-order chi connectivity index (χ1) is 12.8. The molecule has 1 fully saturated rings. The van der Waals surface area contributed by atoms with E-state index in [1.54, 1.807) is 14.2 Å². The van der Waals surface area contributed by atoms with Gasteiger partial charge in [-0.25, -0.2) is 0 Å². The van der Waals surface area contributed by atoms with E-state index in [2.05, 4.69) is 52.3 Å². The minimum absolute atomic E-state index is 0.880. The van der Waals surface area contributed by atoms with Crippen molar-refractivity contribution in [1.29, 1.82) is 0 Å². The van der Waals surface area contributed by atoms with Gasteiger partial charge in [-0.3, -0.25) is 9.80 Å². The average molecular weight is 352 g/mol. The lowest BCUT2D eigenvalue weighted by molar-refractivity contribution is 0.136. The van der Waals surface area contributed by atoms with Crippen LogP contribution in [-0.4, -0.2) is 56.7 Å². The Labute approximate surface area is 156 Å². The quantitative estimate of drug-likeness (QED) is 0.761. The molecule has 0 bridgehead atoms. The molecule has 2 aromatic rings. The van der Waals surface area contributed by atoms with Gasteiger partial charge < -0.3 is 9.47 Å². The summed E-state index contributed by atoms with van der Waals surface area (Å²) in [4.78, 5) is 4.98. The molecular formula is C22H28N2O2. The first kappa shape index (κ1) is 18.5. The topological polar surface area (TPSA) is 24.9 Å². The number of rotatable bonds is 7. The maximum Gasteiger partial charge on any atom is 0.123 e. The van der Waals surface area contributed by atoms with E-state index in [-0.39, 0.29) is 0 Å². The van der Waals surface area contributed by atoms with Gasteiger partial charge in [0.25, 0.3) is 0 Å². The third-order valence-electron chi connectivity index (χ3n) is 4.82. The first-order valence-corrected chi connectivity index (χ1v) is 9.15. The molecule has 0 saturated carbocycles. The van der Waals surface area contributed by atoms with Crippen molar-refractivity contribution >= 4 is 6.08 Å². The highest BCUT2D eigenvalue weighted by Crippen LogP contribution is 2.25. The number of methoxy groups -OCH3 is 2. The highest BCUT2D eigenvalue weighted by atomic mass is 16.5. The summed E-state index contributed by atoms with van der Waals surface area (Å²) in [5.41, 5.74) is 2.44. The SMILES string of the molecule is COc1ccc(OC)c(CN2CCN(C/C=C/c3ccccc3)CC2)c1. The summed E-state index contributed by atoms with van der Waals surface area (Å²) in [6.45, 7) is 6.22. The third kappa shape index (κ3) is 5.10. The summed E-state index contributed by atoms with van der Waals surface area (Å²) < 4.78 is 10.9. The molecule has 4 heteroatoms. The van der Waals surface area contributed by atoms with E-state index in [0.29, 0.717) is 0 Å².